The van der Waals surface area contributed by atoms with Crippen molar-refractivity contribution in [1.82, 2.24) is 5.01 Å². The summed E-state index contributed by atoms with van der Waals surface area (Å²) >= 11 is 18.5. The summed E-state index contributed by atoms with van der Waals surface area (Å²) in [5.74, 6) is 6.15. The molecule has 1 aliphatic rings. The molecule has 3 amide bonds. The van der Waals surface area contributed by atoms with Crippen LogP contribution in [0, 0.1) is 0 Å². The van der Waals surface area contributed by atoms with E-state index in [0.29, 0.717) is 34.0 Å². The van der Waals surface area contributed by atoms with Gasteiger partial charge in [0.05, 0.1) is 21.6 Å². The van der Waals surface area contributed by atoms with Crippen LogP contribution in [0.15, 0.2) is 36.4 Å². The molecule has 9 heteroatoms. The number of urea groups is 1. The van der Waals surface area contributed by atoms with Crippen molar-refractivity contribution in [3.63, 3.8) is 0 Å². The molecule has 0 aromatic heterocycles. The average molecular weight is 485 g/mol. The quantitative estimate of drug-likeness (QED) is 0.259. The smallest absolute Gasteiger partial charge is 0.346 e. The van der Waals surface area contributed by atoms with E-state index in [4.69, 9.17) is 45.4 Å². The minimum atomic E-state index is -1.10. The molecule has 0 aliphatic carbocycles. The predicted molar refractivity (Wildman–Crippen MR) is 124 cm³/mol. The first-order valence-electron chi connectivity index (χ1n) is 9.65. The van der Waals surface area contributed by atoms with Gasteiger partial charge in [0.25, 0.3) is 5.91 Å². The summed E-state index contributed by atoms with van der Waals surface area (Å²) in [6.45, 7) is 7.58. The van der Waals surface area contributed by atoms with Crippen LogP contribution >= 0.6 is 34.8 Å². The van der Waals surface area contributed by atoms with Gasteiger partial charge in [0.15, 0.2) is 5.75 Å². The molecule has 6 nitrogen and oxygen atoms in total. The van der Waals surface area contributed by atoms with Crippen molar-refractivity contribution in [1.29, 1.82) is 0 Å². The molecular weight excluding hydrogens is 461 g/mol. The van der Waals surface area contributed by atoms with Gasteiger partial charge in [-0.25, -0.2) is 20.5 Å². The second-order valence-corrected chi connectivity index (χ2v) is 9.52. The Labute approximate surface area is 196 Å². The lowest BCUT2D eigenvalue weighted by atomic mass is 9.78. The maximum Gasteiger partial charge on any atom is 0.346 e. The lowest BCUT2D eigenvalue weighted by Crippen LogP contribution is -2.48. The molecule has 1 heterocycles. The maximum absolute atomic E-state index is 12.7. The highest BCUT2D eigenvalue weighted by molar-refractivity contribution is 6.37. The monoisotopic (exact) mass is 483 g/mol. The van der Waals surface area contributed by atoms with Crippen molar-refractivity contribution in [2.45, 2.75) is 38.6 Å². The van der Waals surface area contributed by atoms with Crippen molar-refractivity contribution in [3.05, 3.63) is 57.6 Å². The first kappa shape index (κ1) is 23.7. The number of hydrazine groups is 1. The number of nitrogens with zero attached hydrogens (tertiary/aromatic N) is 2. The first-order chi connectivity index (χ1) is 14.4. The minimum Gasteiger partial charge on any atom is -0.489 e. The van der Waals surface area contributed by atoms with Crippen molar-refractivity contribution >= 4 is 52.4 Å². The first-order valence-corrected chi connectivity index (χ1v) is 10.9. The average Bonchev–Trinajstić information content (AvgIpc) is 2.87. The standard InChI is InChI=1S/C22H24Cl3N3O3/c1-21(2,14-11-16(24)18(17(25)12-14)31-10-9-23)13-5-7-15(8-6-13)27-19(29)22(3,4)28(26)20(27)30/h5-8,11-12H,9-10,26H2,1-4H3. The Morgan fingerprint density at radius 2 is 1.58 bits per heavy atom. The molecule has 1 aliphatic heterocycles. The molecule has 0 atom stereocenters. The lowest BCUT2D eigenvalue weighted by Gasteiger charge is -2.28. The highest BCUT2D eigenvalue weighted by Crippen LogP contribution is 2.41. The Morgan fingerprint density at radius 3 is 2.03 bits per heavy atom. The van der Waals surface area contributed by atoms with E-state index in [1.165, 1.54) is 0 Å². The molecule has 0 bridgehead atoms. The summed E-state index contributed by atoms with van der Waals surface area (Å²) in [6.07, 6.45) is 0. The van der Waals surface area contributed by atoms with Crippen LogP contribution in [0.5, 0.6) is 5.75 Å². The normalized spacial score (nSPS) is 16.3. The highest BCUT2D eigenvalue weighted by Gasteiger charge is 2.50. The van der Waals surface area contributed by atoms with Gasteiger partial charge in [-0.15, -0.1) is 11.6 Å². The Hall–Kier alpha value is -1.99. The Bertz CT molecular complexity index is 999. The number of halogens is 3. The minimum absolute atomic E-state index is 0.302. The van der Waals surface area contributed by atoms with Gasteiger partial charge in [-0.2, -0.15) is 0 Å². The SMILES string of the molecule is CC(C)(c1ccc(N2C(=O)N(N)C(C)(C)C2=O)cc1)c1cc(Cl)c(OCCCl)c(Cl)c1. The molecule has 0 unspecified atom stereocenters. The van der Waals surface area contributed by atoms with Crippen molar-refractivity contribution in [3.8, 4) is 5.75 Å². The fourth-order valence-electron chi connectivity index (χ4n) is 3.43. The number of alkyl halides is 1. The number of hydrogen-bond donors (Lipinski definition) is 1. The molecule has 2 aromatic carbocycles. The van der Waals surface area contributed by atoms with Gasteiger partial charge in [0.2, 0.25) is 0 Å². The van der Waals surface area contributed by atoms with E-state index in [2.05, 4.69) is 0 Å². The summed E-state index contributed by atoms with van der Waals surface area (Å²) in [4.78, 5) is 26.2. The fourth-order valence-corrected chi connectivity index (χ4v) is 4.10. The van der Waals surface area contributed by atoms with Gasteiger partial charge in [0.1, 0.15) is 12.1 Å². The molecule has 0 spiro atoms. The largest absolute Gasteiger partial charge is 0.489 e. The molecular formula is C22H24Cl3N3O3. The van der Waals surface area contributed by atoms with E-state index in [-0.39, 0.29) is 5.91 Å². The van der Waals surface area contributed by atoms with Crippen LogP contribution in [0.4, 0.5) is 10.5 Å². The Balaban J connectivity index is 1.92. The number of benzene rings is 2. The van der Waals surface area contributed by atoms with Crippen LogP contribution in [0.2, 0.25) is 10.0 Å². The van der Waals surface area contributed by atoms with Gasteiger partial charge in [-0.3, -0.25) is 4.79 Å². The van der Waals surface area contributed by atoms with E-state index in [1.807, 2.05) is 38.1 Å². The lowest BCUT2D eigenvalue weighted by molar-refractivity contribution is -0.123. The van der Waals surface area contributed by atoms with Gasteiger partial charge in [0, 0.05) is 5.41 Å². The number of carbonyl (C=O) groups excluding carboxylic acids is 2. The number of carbonyl (C=O) groups is 2. The summed E-state index contributed by atoms with van der Waals surface area (Å²) < 4.78 is 5.53. The number of imide groups is 1. The summed E-state index contributed by atoms with van der Waals surface area (Å²) in [5.41, 5.74) is 0.721. The van der Waals surface area contributed by atoms with Crippen LogP contribution in [-0.4, -0.2) is 35.0 Å². The molecule has 2 aromatic rings. The number of amides is 3. The topological polar surface area (TPSA) is 75.9 Å². The molecule has 2 N–H and O–H groups in total. The number of ether oxygens (including phenoxy) is 1. The summed E-state index contributed by atoms with van der Waals surface area (Å²) in [5, 5.41) is 1.75. The zero-order chi connectivity index (χ0) is 23.1. The third-order valence-electron chi connectivity index (χ3n) is 5.62. The number of hydrogen-bond acceptors (Lipinski definition) is 4. The van der Waals surface area contributed by atoms with Gasteiger partial charge < -0.3 is 4.74 Å². The second kappa shape index (κ2) is 8.51. The van der Waals surface area contributed by atoms with Crippen LogP contribution in [0.1, 0.15) is 38.8 Å². The van der Waals surface area contributed by atoms with Crippen molar-refractivity contribution in [2.75, 3.05) is 17.4 Å². The molecule has 166 valence electrons. The van der Waals surface area contributed by atoms with E-state index >= 15 is 0 Å². The number of rotatable bonds is 6. The molecule has 0 saturated carbocycles. The third-order valence-corrected chi connectivity index (χ3v) is 6.33. The summed E-state index contributed by atoms with van der Waals surface area (Å²) in [6, 6.07) is 10.2. The maximum atomic E-state index is 12.7. The molecule has 1 saturated heterocycles. The summed E-state index contributed by atoms with van der Waals surface area (Å²) in [7, 11) is 0. The Morgan fingerprint density at radius 1 is 1.03 bits per heavy atom. The number of nitrogens with two attached hydrogens (primary N) is 1. The van der Waals surface area contributed by atoms with Gasteiger partial charge in [-0.05, 0) is 49.2 Å². The van der Waals surface area contributed by atoms with Crippen LogP contribution in [0.3, 0.4) is 0 Å². The number of anilines is 1. The van der Waals surface area contributed by atoms with E-state index in [9.17, 15) is 9.59 Å². The molecule has 31 heavy (non-hydrogen) atoms. The van der Waals surface area contributed by atoms with Crippen LogP contribution in [0.25, 0.3) is 0 Å². The molecule has 3 rings (SSSR count). The van der Waals surface area contributed by atoms with Crippen molar-refractivity contribution < 1.29 is 14.3 Å². The van der Waals surface area contributed by atoms with E-state index in [0.717, 1.165) is 21.0 Å². The zero-order valence-corrected chi connectivity index (χ0v) is 20.0. The van der Waals surface area contributed by atoms with Gasteiger partial charge >= 0.3 is 6.03 Å². The van der Waals surface area contributed by atoms with Crippen LogP contribution < -0.4 is 15.5 Å². The van der Waals surface area contributed by atoms with E-state index < -0.39 is 17.0 Å². The predicted octanol–water partition coefficient (Wildman–Crippen LogP) is 5.36. The highest BCUT2D eigenvalue weighted by atomic mass is 35.5. The van der Waals surface area contributed by atoms with E-state index in [1.54, 1.807) is 26.0 Å². The molecule has 1 fully saturated rings. The second-order valence-electron chi connectivity index (χ2n) is 8.33. The van der Waals surface area contributed by atoms with Gasteiger partial charge in [-0.1, -0.05) is 49.2 Å². The molecule has 0 radical (unpaired) electrons. The third kappa shape index (κ3) is 4.10. The Kier molecular flexibility index (Phi) is 6.50. The fraction of sp³-hybridized carbons (Fsp3) is 0.364. The zero-order valence-electron chi connectivity index (χ0n) is 17.7. The van der Waals surface area contributed by atoms with Crippen molar-refractivity contribution in [2.24, 2.45) is 5.84 Å². The van der Waals surface area contributed by atoms with Crippen LogP contribution in [-0.2, 0) is 10.2 Å².